The summed E-state index contributed by atoms with van der Waals surface area (Å²) in [6, 6.07) is 13.9. The lowest BCUT2D eigenvalue weighted by Crippen LogP contribution is -2.44. The van der Waals surface area contributed by atoms with Crippen LogP contribution in [0.3, 0.4) is 0 Å². The van der Waals surface area contributed by atoms with Gasteiger partial charge in [0, 0.05) is 36.2 Å². The summed E-state index contributed by atoms with van der Waals surface area (Å²) in [4.78, 5) is 29.0. The molecule has 0 aliphatic carbocycles. The maximum atomic E-state index is 13.2. The van der Waals surface area contributed by atoms with Gasteiger partial charge in [0.15, 0.2) is 0 Å². The zero-order valence-electron chi connectivity index (χ0n) is 17.3. The summed E-state index contributed by atoms with van der Waals surface area (Å²) in [7, 11) is 1.93. The van der Waals surface area contributed by atoms with Gasteiger partial charge in [0.25, 0.3) is 0 Å². The van der Waals surface area contributed by atoms with E-state index in [0.29, 0.717) is 29.6 Å². The van der Waals surface area contributed by atoms with Crippen molar-refractivity contribution in [3.8, 4) is 0 Å². The minimum absolute atomic E-state index is 0.101. The van der Waals surface area contributed by atoms with E-state index in [9.17, 15) is 9.59 Å². The number of aryl methyl sites for hydroxylation is 1. The summed E-state index contributed by atoms with van der Waals surface area (Å²) in [6.07, 6.45) is 5.08. The van der Waals surface area contributed by atoms with Crippen LogP contribution in [0.5, 0.6) is 0 Å². The second kappa shape index (κ2) is 10.5. The van der Waals surface area contributed by atoms with E-state index in [2.05, 4.69) is 11.9 Å². The number of nitrogens with zero attached hydrogens (tertiary/aromatic N) is 3. The maximum absolute atomic E-state index is 13.2. The van der Waals surface area contributed by atoms with Gasteiger partial charge in [0.05, 0.1) is 19.4 Å². The lowest BCUT2D eigenvalue weighted by molar-refractivity contribution is -0.133. The molecule has 0 spiro atoms. The number of hydrogen-bond acceptors (Lipinski definition) is 3. The highest BCUT2D eigenvalue weighted by Gasteiger charge is 2.22. The molecular formula is C23H25ClN4O3. The number of carbonyl (C=O) groups excluding carboxylic acids is 2. The molecule has 3 aromatic rings. The average Bonchev–Trinajstić information content (AvgIpc) is 3.40. The van der Waals surface area contributed by atoms with Crippen LogP contribution in [0.1, 0.15) is 11.5 Å². The predicted molar refractivity (Wildman–Crippen MR) is 121 cm³/mol. The summed E-state index contributed by atoms with van der Waals surface area (Å²) in [5.74, 6) is 0.467. The third kappa shape index (κ3) is 6.26. The molecule has 2 heterocycles. The van der Waals surface area contributed by atoms with E-state index >= 15 is 0 Å². The third-order valence-electron chi connectivity index (χ3n) is 4.74. The van der Waals surface area contributed by atoms with Gasteiger partial charge in [0.2, 0.25) is 5.91 Å². The second-order valence-corrected chi connectivity index (χ2v) is 7.48. The number of anilines is 1. The number of carbonyl (C=O) groups is 2. The summed E-state index contributed by atoms with van der Waals surface area (Å²) < 4.78 is 7.39. The quantitative estimate of drug-likeness (QED) is 0.497. The number of amides is 3. The molecule has 162 valence electrons. The molecule has 0 saturated heterocycles. The van der Waals surface area contributed by atoms with E-state index in [0.717, 1.165) is 5.69 Å². The third-order valence-corrected chi connectivity index (χ3v) is 4.99. The van der Waals surface area contributed by atoms with Crippen LogP contribution in [0.15, 0.2) is 78.1 Å². The summed E-state index contributed by atoms with van der Waals surface area (Å²) in [5, 5.41) is 3.36. The van der Waals surface area contributed by atoms with Crippen molar-refractivity contribution in [1.29, 1.82) is 0 Å². The van der Waals surface area contributed by atoms with Crippen molar-refractivity contribution in [2.24, 2.45) is 7.05 Å². The van der Waals surface area contributed by atoms with Gasteiger partial charge in [-0.2, -0.15) is 0 Å². The highest BCUT2D eigenvalue weighted by molar-refractivity contribution is 6.30. The van der Waals surface area contributed by atoms with Crippen LogP contribution in [0, 0.1) is 0 Å². The van der Waals surface area contributed by atoms with E-state index < -0.39 is 6.03 Å². The van der Waals surface area contributed by atoms with Gasteiger partial charge in [-0.15, -0.1) is 6.58 Å². The summed E-state index contributed by atoms with van der Waals surface area (Å²) in [6.45, 7) is 4.53. The van der Waals surface area contributed by atoms with Gasteiger partial charge in [-0.05, 0) is 48.5 Å². The number of halogens is 1. The van der Waals surface area contributed by atoms with Crippen molar-refractivity contribution in [1.82, 2.24) is 14.4 Å². The Bertz CT molecular complexity index is 1010. The number of nitrogens with one attached hydrogen (secondary N) is 1. The van der Waals surface area contributed by atoms with Crippen molar-refractivity contribution >= 4 is 29.2 Å². The molecule has 0 bridgehead atoms. The first-order valence-electron chi connectivity index (χ1n) is 9.79. The molecule has 0 unspecified atom stereocenters. The number of urea groups is 1. The van der Waals surface area contributed by atoms with Crippen molar-refractivity contribution in [3.63, 3.8) is 0 Å². The first kappa shape index (κ1) is 22.2. The molecule has 31 heavy (non-hydrogen) atoms. The van der Waals surface area contributed by atoms with Crippen LogP contribution in [0.4, 0.5) is 10.5 Å². The van der Waals surface area contributed by atoms with Gasteiger partial charge in [-0.25, -0.2) is 4.79 Å². The first-order chi connectivity index (χ1) is 15.0. The topological polar surface area (TPSA) is 70.7 Å². The molecule has 0 aliphatic heterocycles. The number of furan rings is 1. The Hall–Kier alpha value is -3.45. The summed E-state index contributed by atoms with van der Waals surface area (Å²) >= 11 is 5.90. The van der Waals surface area contributed by atoms with Crippen LogP contribution >= 0.6 is 11.6 Å². The van der Waals surface area contributed by atoms with Crippen molar-refractivity contribution in [2.45, 2.75) is 13.1 Å². The fourth-order valence-corrected chi connectivity index (χ4v) is 3.18. The molecule has 3 rings (SSSR count). The van der Waals surface area contributed by atoms with E-state index in [-0.39, 0.29) is 19.0 Å². The van der Waals surface area contributed by atoms with E-state index in [1.807, 2.05) is 36.0 Å². The Kier molecular flexibility index (Phi) is 7.56. The maximum Gasteiger partial charge on any atom is 0.322 e. The SMILES string of the molecule is C=CCN(CC(=O)N(Cc1ccco1)Cc1cccn1C)C(=O)Nc1ccc(Cl)cc1. The highest BCUT2D eigenvalue weighted by atomic mass is 35.5. The van der Waals surface area contributed by atoms with Gasteiger partial charge in [0.1, 0.15) is 12.3 Å². The van der Waals surface area contributed by atoms with Crippen LogP contribution in [0.2, 0.25) is 5.02 Å². The van der Waals surface area contributed by atoms with Gasteiger partial charge in [-0.3, -0.25) is 4.79 Å². The van der Waals surface area contributed by atoms with E-state index in [1.54, 1.807) is 47.6 Å². The number of aromatic nitrogens is 1. The smallest absolute Gasteiger partial charge is 0.322 e. The van der Waals surface area contributed by atoms with Gasteiger partial charge < -0.3 is 24.1 Å². The molecule has 0 saturated carbocycles. The van der Waals surface area contributed by atoms with Crippen LogP contribution in [-0.4, -0.2) is 39.4 Å². The van der Waals surface area contributed by atoms with Crippen LogP contribution in [0.25, 0.3) is 0 Å². The van der Waals surface area contributed by atoms with Crippen LogP contribution in [-0.2, 0) is 24.9 Å². The molecular weight excluding hydrogens is 416 g/mol. The number of benzene rings is 1. The largest absolute Gasteiger partial charge is 0.467 e. The lowest BCUT2D eigenvalue weighted by Gasteiger charge is -2.27. The Morgan fingerprint density at radius 2 is 1.90 bits per heavy atom. The minimum atomic E-state index is -0.396. The molecule has 0 aliphatic rings. The predicted octanol–water partition coefficient (Wildman–Crippen LogP) is 4.52. The second-order valence-electron chi connectivity index (χ2n) is 7.05. The molecule has 0 radical (unpaired) electrons. The zero-order valence-corrected chi connectivity index (χ0v) is 18.1. The van der Waals surface area contributed by atoms with Crippen molar-refractivity contribution in [2.75, 3.05) is 18.4 Å². The molecule has 1 N–H and O–H groups in total. The Balaban J connectivity index is 1.72. The monoisotopic (exact) mass is 440 g/mol. The molecule has 2 aromatic heterocycles. The molecule has 0 atom stereocenters. The van der Waals surface area contributed by atoms with Crippen molar-refractivity contribution < 1.29 is 14.0 Å². The van der Waals surface area contributed by atoms with Crippen molar-refractivity contribution in [3.05, 3.63) is 90.1 Å². The molecule has 0 fully saturated rings. The first-order valence-corrected chi connectivity index (χ1v) is 10.2. The molecule has 1 aromatic carbocycles. The average molecular weight is 441 g/mol. The zero-order chi connectivity index (χ0) is 22.2. The molecule has 7 nitrogen and oxygen atoms in total. The van der Waals surface area contributed by atoms with Crippen LogP contribution < -0.4 is 5.32 Å². The Morgan fingerprint density at radius 3 is 2.52 bits per heavy atom. The Labute approximate surface area is 186 Å². The summed E-state index contributed by atoms with van der Waals surface area (Å²) in [5.41, 5.74) is 1.56. The normalized spacial score (nSPS) is 10.5. The fourth-order valence-electron chi connectivity index (χ4n) is 3.05. The lowest BCUT2D eigenvalue weighted by atomic mass is 10.3. The Morgan fingerprint density at radius 1 is 1.13 bits per heavy atom. The number of hydrogen-bond donors (Lipinski definition) is 1. The number of rotatable bonds is 9. The highest BCUT2D eigenvalue weighted by Crippen LogP contribution is 2.15. The van der Waals surface area contributed by atoms with Gasteiger partial charge >= 0.3 is 6.03 Å². The standard InChI is InChI=1S/C23H25ClN4O3/c1-3-12-27(23(30)25-19-10-8-18(24)9-11-19)17-22(29)28(16-21-7-5-14-31-21)15-20-6-4-13-26(20)2/h3-11,13-14H,1,12,15-17H2,2H3,(H,25,30). The fraction of sp³-hybridized carbons (Fsp3) is 0.217. The van der Waals surface area contributed by atoms with E-state index in [4.69, 9.17) is 16.0 Å². The van der Waals surface area contributed by atoms with Gasteiger partial charge in [-0.1, -0.05) is 17.7 Å². The molecule has 8 heteroatoms. The minimum Gasteiger partial charge on any atom is -0.467 e. The van der Waals surface area contributed by atoms with E-state index in [1.165, 1.54) is 4.90 Å². The molecule has 3 amide bonds.